The molecule has 1 aliphatic rings. The number of imidazole rings is 1. The Bertz CT molecular complexity index is 701. The van der Waals surface area contributed by atoms with Crippen LogP contribution >= 0.6 is 11.6 Å². The molecule has 1 fully saturated rings. The van der Waals surface area contributed by atoms with Crippen LogP contribution in [0.25, 0.3) is 5.52 Å². The highest BCUT2D eigenvalue weighted by molar-refractivity contribution is 7.83. The maximum Gasteiger partial charge on any atom is 0.257 e. The first-order valence-electron chi connectivity index (χ1n) is 7.04. The lowest BCUT2D eigenvalue weighted by atomic mass is 10.3. The standard InChI is InChI=1S/C12H12ClF2N3OS.C2H6/c1-7-9-4-8(5-10(13)18(9)6-16-7)20(19)17-12(2-3-12)11(14)15;1-2/h4-6,11,17H,2-3H2,1H3;1-2H3. The highest BCUT2D eigenvalue weighted by Crippen LogP contribution is 2.41. The number of pyridine rings is 1. The van der Waals surface area contributed by atoms with Gasteiger partial charge in [0, 0.05) is 0 Å². The second-order valence-corrected chi connectivity index (χ2v) is 6.53. The van der Waals surface area contributed by atoms with E-state index in [9.17, 15) is 13.0 Å². The minimum absolute atomic E-state index is 0.331. The van der Waals surface area contributed by atoms with Gasteiger partial charge < -0.3 is 0 Å². The van der Waals surface area contributed by atoms with Crippen molar-refractivity contribution in [1.29, 1.82) is 0 Å². The van der Waals surface area contributed by atoms with Crippen LogP contribution in [0.1, 0.15) is 32.4 Å². The average Bonchev–Trinajstić information content (AvgIpc) is 3.19. The van der Waals surface area contributed by atoms with Gasteiger partial charge in [0.25, 0.3) is 6.43 Å². The zero-order valence-corrected chi connectivity index (χ0v) is 14.1. The van der Waals surface area contributed by atoms with Gasteiger partial charge in [-0.1, -0.05) is 25.4 Å². The Labute approximate surface area is 135 Å². The van der Waals surface area contributed by atoms with Crippen LogP contribution in [-0.2, 0) is 11.0 Å². The van der Waals surface area contributed by atoms with E-state index in [1.54, 1.807) is 23.7 Å². The number of aromatic nitrogens is 2. The summed E-state index contributed by atoms with van der Waals surface area (Å²) >= 11 is 6.08. The fraction of sp³-hybridized carbons (Fsp3) is 0.500. The number of hydrogen-bond acceptors (Lipinski definition) is 2. The van der Waals surface area contributed by atoms with E-state index in [4.69, 9.17) is 11.6 Å². The molecule has 8 heteroatoms. The van der Waals surface area contributed by atoms with Gasteiger partial charge in [0.2, 0.25) is 0 Å². The van der Waals surface area contributed by atoms with E-state index in [0.717, 1.165) is 5.69 Å². The fourth-order valence-corrected chi connectivity index (χ4v) is 3.54. The molecule has 0 amide bonds. The summed E-state index contributed by atoms with van der Waals surface area (Å²) in [4.78, 5) is 4.48. The second-order valence-electron chi connectivity index (χ2n) is 4.93. The van der Waals surface area contributed by atoms with E-state index < -0.39 is 22.9 Å². The summed E-state index contributed by atoms with van der Waals surface area (Å²) in [6.07, 6.45) is -0.299. The normalized spacial score (nSPS) is 17.2. The molecule has 1 saturated carbocycles. The van der Waals surface area contributed by atoms with Gasteiger partial charge in [-0.3, -0.25) is 4.40 Å². The quantitative estimate of drug-likeness (QED) is 0.855. The summed E-state index contributed by atoms with van der Waals surface area (Å²) < 4.78 is 42.1. The third-order valence-electron chi connectivity index (χ3n) is 3.48. The molecule has 0 aliphatic heterocycles. The van der Waals surface area contributed by atoms with Crippen molar-refractivity contribution in [3.63, 3.8) is 0 Å². The first-order valence-corrected chi connectivity index (χ1v) is 8.57. The van der Waals surface area contributed by atoms with Crippen molar-refractivity contribution < 1.29 is 13.0 Å². The lowest BCUT2D eigenvalue weighted by molar-refractivity contribution is 0.0978. The number of halogens is 3. The lowest BCUT2D eigenvalue weighted by Gasteiger charge is -2.15. The monoisotopic (exact) mass is 349 g/mol. The van der Waals surface area contributed by atoms with Crippen molar-refractivity contribution in [2.45, 2.75) is 50.5 Å². The van der Waals surface area contributed by atoms with Crippen LogP contribution in [0.5, 0.6) is 0 Å². The molecular weight excluding hydrogens is 332 g/mol. The molecule has 1 atom stereocenters. The smallest absolute Gasteiger partial charge is 0.257 e. The van der Waals surface area contributed by atoms with Crippen molar-refractivity contribution in [2.75, 3.05) is 0 Å². The number of nitrogens with zero attached hydrogens (tertiary/aromatic N) is 2. The lowest BCUT2D eigenvalue weighted by Crippen LogP contribution is -2.39. The second kappa shape index (κ2) is 6.60. The molecule has 2 heterocycles. The van der Waals surface area contributed by atoms with Gasteiger partial charge in [0.05, 0.1) is 21.6 Å². The molecule has 0 saturated heterocycles. The highest BCUT2D eigenvalue weighted by Gasteiger charge is 2.52. The van der Waals surface area contributed by atoms with Gasteiger partial charge in [-0.2, -0.15) is 0 Å². The molecule has 2 aromatic heterocycles. The summed E-state index contributed by atoms with van der Waals surface area (Å²) in [5, 5.41) is 0.343. The van der Waals surface area contributed by atoms with Crippen LogP contribution in [0, 0.1) is 6.92 Å². The zero-order chi connectivity index (χ0) is 16.5. The molecule has 1 unspecified atom stereocenters. The van der Waals surface area contributed by atoms with Crippen LogP contribution in [0.2, 0.25) is 5.15 Å². The molecule has 122 valence electrons. The minimum Gasteiger partial charge on any atom is -0.289 e. The molecule has 0 radical (unpaired) electrons. The molecule has 0 aromatic carbocycles. The van der Waals surface area contributed by atoms with E-state index in [2.05, 4.69) is 9.71 Å². The van der Waals surface area contributed by atoms with Gasteiger partial charge in [-0.15, -0.1) is 0 Å². The predicted octanol–water partition coefficient (Wildman–Crippen LogP) is 3.73. The van der Waals surface area contributed by atoms with Crippen molar-refractivity contribution in [2.24, 2.45) is 0 Å². The van der Waals surface area contributed by atoms with E-state index in [1.807, 2.05) is 13.8 Å². The van der Waals surface area contributed by atoms with E-state index in [1.165, 1.54) is 6.07 Å². The molecule has 22 heavy (non-hydrogen) atoms. The molecule has 1 aliphatic carbocycles. The average molecular weight is 350 g/mol. The van der Waals surface area contributed by atoms with Crippen LogP contribution in [0.4, 0.5) is 8.78 Å². The molecule has 1 N–H and O–H groups in total. The Balaban J connectivity index is 0.000000847. The van der Waals surface area contributed by atoms with Crippen molar-refractivity contribution >= 4 is 28.1 Å². The molecule has 4 nitrogen and oxygen atoms in total. The van der Waals surface area contributed by atoms with Gasteiger partial charge in [-0.05, 0) is 31.9 Å². The highest BCUT2D eigenvalue weighted by atomic mass is 35.5. The van der Waals surface area contributed by atoms with Gasteiger partial charge >= 0.3 is 0 Å². The summed E-state index contributed by atoms with van der Waals surface area (Å²) in [6, 6.07) is 3.15. The van der Waals surface area contributed by atoms with Crippen LogP contribution < -0.4 is 4.72 Å². The first kappa shape index (κ1) is 17.3. The Kier molecular flexibility index (Phi) is 5.19. The number of alkyl halides is 2. The maximum absolute atomic E-state index is 12.9. The number of fused-ring (bicyclic) bond motifs is 1. The van der Waals surface area contributed by atoms with Crippen molar-refractivity contribution in [3.8, 4) is 0 Å². The SMILES string of the molecule is CC.Cc1ncn2c(Cl)cc(S(=O)NC3(C(F)F)CC3)cc12. The number of nitrogens with one attached hydrogen (secondary N) is 1. The Morgan fingerprint density at radius 2 is 2.05 bits per heavy atom. The summed E-state index contributed by atoms with van der Waals surface area (Å²) in [5.41, 5.74) is 0.143. The predicted molar refractivity (Wildman–Crippen MR) is 83.8 cm³/mol. The molecule has 0 bridgehead atoms. The fourth-order valence-electron chi connectivity index (χ4n) is 2.00. The van der Waals surface area contributed by atoms with Crippen LogP contribution in [-0.4, -0.2) is 25.6 Å². The summed E-state index contributed by atoms with van der Waals surface area (Å²) in [6.45, 7) is 5.80. The Morgan fingerprint density at radius 3 is 2.59 bits per heavy atom. The minimum atomic E-state index is -2.53. The van der Waals surface area contributed by atoms with E-state index in [0.29, 0.717) is 28.4 Å². The Morgan fingerprint density at radius 1 is 1.41 bits per heavy atom. The molecule has 0 spiro atoms. The molecule has 2 aromatic rings. The van der Waals surface area contributed by atoms with Gasteiger partial charge in [0.15, 0.2) is 0 Å². The molecular formula is C14H18ClF2N3OS. The number of rotatable bonds is 4. The Hall–Kier alpha value is -1.05. The summed E-state index contributed by atoms with van der Waals surface area (Å²) in [5.74, 6) is 0. The number of hydrogen-bond donors (Lipinski definition) is 1. The van der Waals surface area contributed by atoms with Crippen LogP contribution in [0.3, 0.4) is 0 Å². The van der Waals surface area contributed by atoms with Crippen LogP contribution in [0.15, 0.2) is 23.4 Å². The third-order valence-corrected chi connectivity index (χ3v) is 5.03. The van der Waals surface area contributed by atoms with Gasteiger partial charge in [0.1, 0.15) is 22.5 Å². The largest absolute Gasteiger partial charge is 0.289 e. The van der Waals surface area contributed by atoms with Gasteiger partial charge in [-0.25, -0.2) is 22.7 Å². The maximum atomic E-state index is 12.9. The number of aryl methyl sites for hydroxylation is 1. The van der Waals surface area contributed by atoms with E-state index >= 15 is 0 Å². The topological polar surface area (TPSA) is 46.4 Å². The summed E-state index contributed by atoms with van der Waals surface area (Å²) in [7, 11) is -1.73. The third kappa shape index (κ3) is 3.16. The first-order chi connectivity index (χ1) is 10.4. The zero-order valence-electron chi connectivity index (χ0n) is 12.6. The van der Waals surface area contributed by atoms with Crippen molar-refractivity contribution in [3.05, 3.63) is 29.3 Å². The van der Waals surface area contributed by atoms with Crippen molar-refractivity contribution in [1.82, 2.24) is 14.1 Å². The molecule has 3 rings (SSSR count). The van der Waals surface area contributed by atoms with E-state index in [-0.39, 0.29) is 0 Å².